The molecule has 10 rings (SSSR count). The predicted molar refractivity (Wildman–Crippen MR) is 254 cm³/mol. The molecule has 25 nitrogen and oxygen atoms in total. The Morgan fingerprint density at radius 1 is 0.680 bits per heavy atom. The Kier molecular flexibility index (Phi) is 23.4. The van der Waals surface area contributed by atoms with Crippen LogP contribution in [0.4, 0.5) is 0 Å². The third-order valence-electron chi connectivity index (χ3n) is 14.1. The number of rotatable bonds is 15. The first kappa shape index (κ1) is 63.1. The number of esters is 6. The molecular formula is C46H66NO24S4-3. The Bertz CT molecular complexity index is 2550. The maximum Gasteiger partial charge on any atom is 0.322 e. The van der Waals surface area contributed by atoms with Gasteiger partial charge in [-0.05, 0) is 93.6 Å². The zero-order chi connectivity index (χ0) is 56.1. The van der Waals surface area contributed by atoms with Crippen molar-refractivity contribution in [1.29, 1.82) is 0 Å². The molecule has 29 heteroatoms. The molecule has 3 aliphatic heterocycles. The molecule has 0 radical (unpaired) electrons. The minimum Gasteiger partial charge on any atom is -0.748 e. The highest BCUT2D eigenvalue weighted by Gasteiger charge is 2.66. The second kappa shape index (κ2) is 27.8. The molecule has 1 aromatic rings. The van der Waals surface area contributed by atoms with Crippen molar-refractivity contribution >= 4 is 76.3 Å². The Hall–Kier alpha value is -4.39. The van der Waals surface area contributed by atoms with Crippen molar-refractivity contribution in [1.82, 2.24) is 4.98 Å². The van der Waals surface area contributed by atoms with E-state index in [4.69, 9.17) is 23.1 Å². The van der Waals surface area contributed by atoms with Crippen molar-refractivity contribution in [3.8, 4) is 0 Å². The van der Waals surface area contributed by atoms with Crippen LogP contribution in [0, 0.1) is 59.2 Å². The van der Waals surface area contributed by atoms with E-state index in [1.807, 2.05) is 45.9 Å². The molecule has 3 saturated heterocycles. The average molecular weight is 1150 g/mol. The molecule has 14 unspecified atom stereocenters. The van der Waals surface area contributed by atoms with Gasteiger partial charge in [-0.3, -0.25) is 37.9 Å². The second-order valence-electron chi connectivity index (χ2n) is 18.7. The fourth-order valence-corrected chi connectivity index (χ4v) is 14.3. The van der Waals surface area contributed by atoms with Crippen LogP contribution in [0.3, 0.4) is 0 Å². The summed E-state index contributed by atoms with van der Waals surface area (Å²) in [4.78, 5) is 73.7. The third kappa shape index (κ3) is 18.4. The summed E-state index contributed by atoms with van der Waals surface area (Å²) >= 11 is 0. The number of nitrogens with zero attached hydrogens (tertiary/aromatic N) is 1. The standard InChI is InChI=1S/C18H24O10S2.C13H18O7S.C6H10O7S.C5H5N.2C2H6/c19-17(26-3-4-29(21,22)23)13-8-1-2-9(5-8)14(13)18(20)27-15-10-6-11-12(7-10)30(24,25)28-16(11)15;14-12(6-21(16,17)18)19-5-10-8-1-7-2-9(4-8)13(15)20-11(10)3-7;1-2-5(7)12-4-13-6(8)3-14(9,10)11;1-2-4-6-5-3-1;2*1-2/h8-16H,1-7H2,(H,21,22,23);7-11H,1-6H2,(H,16,17,18);2-4H2,1H3,(H,9,10,11);1-5H;2*1-2H3/p-3. The van der Waals surface area contributed by atoms with Gasteiger partial charge in [0.1, 0.15) is 56.7 Å². The minimum atomic E-state index is -4.64. The largest absolute Gasteiger partial charge is 0.748 e. The summed E-state index contributed by atoms with van der Waals surface area (Å²) in [7, 11) is -17.4. The van der Waals surface area contributed by atoms with Gasteiger partial charge >= 0.3 is 35.8 Å². The number of hydrogen-bond donors (Lipinski definition) is 0. The fourth-order valence-electron chi connectivity index (χ4n) is 11.4. The van der Waals surface area contributed by atoms with Crippen molar-refractivity contribution < 1.29 is 109 Å². The van der Waals surface area contributed by atoms with Crippen molar-refractivity contribution in [2.45, 2.75) is 122 Å². The Labute approximate surface area is 437 Å². The summed E-state index contributed by atoms with van der Waals surface area (Å²) in [6, 6.07) is 5.72. The van der Waals surface area contributed by atoms with Gasteiger partial charge in [0.25, 0.3) is 10.1 Å². The highest BCUT2D eigenvalue weighted by molar-refractivity contribution is 7.87. The van der Waals surface area contributed by atoms with Crippen LogP contribution < -0.4 is 0 Å². The number of fused-ring (bicyclic) bond motifs is 4. The van der Waals surface area contributed by atoms with Crippen LogP contribution in [-0.4, -0.2) is 149 Å². The molecule has 75 heavy (non-hydrogen) atoms. The van der Waals surface area contributed by atoms with Gasteiger partial charge in [-0.1, -0.05) is 40.7 Å². The molecule has 8 bridgehead atoms. The second-order valence-corrected chi connectivity index (χ2v) is 24.8. The minimum absolute atomic E-state index is 0.0103. The lowest BCUT2D eigenvalue weighted by atomic mass is 9.64. The molecule has 6 aliphatic carbocycles. The van der Waals surface area contributed by atoms with E-state index in [1.165, 1.54) is 6.92 Å². The number of pyridine rings is 1. The number of carbonyl (C=O) groups is 6. The Morgan fingerprint density at radius 2 is 1.27 bits per heavy atom. The molecule has 0 amide bonds. The molecule has 14 atom stereocenters. The summed E-state index contributed by atoms with van der Waals surface area (Å²) in [5, 5.41) is -0.509. The summed E-state index contributed by atoms with van der Waals surface area (Å²) in [5.74, 6) is -8.60. The Balaban J connectivity index is 0.000000235. The summed E-state index contributed by atoms with van der Waals surface area (Å²) in [5.41, 5.74) is 0. The lowest BCUT2D eigenvalue weighted by Crippen LogP contribution is -2.42. The molecule has 6 saturated carbocycles. The highest BCUT2D eigenvalue weighted by atomic mass is 32.2. The van der Waals surface area contributed by atoms with E-state index in [1.54, 1.807) is 12.4 Å². The van der Waals surface area contributed by atoms with Crippen LogP contribution in [0.15, 0.2) is 30.6 Å². The van der Waals surface area contributed by atoms with E-state index < -0.39 is 130 Å². The average Bonchev–Trinajstić information content (AvgIpc) is 4.15. The van der Waals surface area contributed by atoms with E-state index in [9.17, 15) is 76.1 Å². The van der Waals surface area contributed by atoms with E-state index in [-0.39, 0.29) is 66.5 Å². The molecule has 426 valence electrons. The molecule has 0 N–H and O–H groups in total. The summed E-state index contributed by atoms with van der Waals surface area (Å²) in [6.07, 6.45) is 8.80. The molecule has 0 spiro atoms. The van der Waals surface area contributed by atoms with Crippen LogP contribution in [-0.2, 0) is 102 Å². The lowest BCUT2D eigenvalue weighted by Gasteiger charge is -2.41. The van der Waals surface area contributed by atoms with E-state index in [2.05, 4.69) is 14.5 Å². The maximum atomic E-state index is 13.1. The number of carbonyl (C=O) groups excluding carboxylic acids is 6. The van der Waals surface area contributed by atoms with E-state index in [0.717, 1.165) is 38.5 Å². The van der Waals surface area contributed by atoms with Gasteiger partial charge in [0.05, 0.1) is 45.5 Å². The van der Waals surface area contributed by atoms with Crippen molar-refractivity contribution in [2.24, 2.45) is 59.2 Å². The molecular weight excluding hydrogens is 1080 g/mol. The van der Waals surface area contributed by atoms with Crippen molar-refractivity contribution in [3.63, 3.8) is 0 Å². The number of aromatic nitrogens is 1. The Morgan fingerprint density at radius 3 is 1.81 bits per heavy atom. The molecule has 9 fully saturated rings. The van der Waals surface area contributed by atoms with Gasteiger partial charge in [-0.25, -0.2) is 25.3 Å². The lowest BCUT2D eigenvalue weighted by molar-refractivity contribution is -0.171. The van der Waals surface area contributed by atoms with Crippen LogP contribution in [0.25, 0.3) is 0 Å². The van der Waals surface area contributed by atoms with E-state index in [0.29, 0.717) is 25.2 Å². The normalized spacial score (nSPS) is 31.4. The first-order chi connectivity index (χ1) is 35.2. The zero-order valence-corrected chi connectivity index (χ0v) is 45.4. The quantitative estimate of drug-likeness (QED) is 0.0796. The molecule has 1 aromatic heterocycles. The third-order valence-corrected chi connectivity index (χ3v) is 17.7. The van der Waals surface area contributed by atoms with E-state index >= 15 is 0 Å². The first-order valence-electron chi connectivity index (χ1n) is 24.8. The van der Waals surface area contributed by atoms with Gasteiger partial charge in [-0.15, -0.1) is 0 Å². The summed E-state index contributed by atoms with van der Waals surface area (Å²) < 4.78 is 153. The van der Waals surface area contributed by atoms with Gasteiger partial charge in [0, 0.05) is 36.6 Å². The van der Waals surface area contributed by atoms with Crippen molar-refractivity contribution in [2.75, 3.05) is 37.3 Å². The zero-order valence-electron chi connectivity index (χ0n) is 42.2. The maximum absolute atomic E-state index is 13.1. The molecule has 0 aromatic carbocycles. The van der Waals surface area contributed by atoms with Crippen LogP contribution in [0.5, 0.6) is 0 Å². The number of ether oxygens (including phenoxy) is 6. The highest BCUT2D eigenvalue weighted by Crippen LogP contribution is 2.57. The smallest absolute Gasteiger partial charge is 0.322 e. The van der Waals surface area contributed by atoms with Crippen molar-refractivity contribution in [3.05, 3.63) is 30.6 Å². The van der Waals surface area contributed by atoms with Gasteiger partial charge < -0.3 is 42.1 Å². The molecule has 9 aliphatic rings. The first-order valence-corrected chi connectivity index (χ1v) is 31.0. The SMILES string of the molecule is CC.CC.CCC(=O)OCOC(=O)CS(=O)(=O)[O-].O=C(CS(=O)(=O)[O-])OCC1C2CC3CC(C2)C(=O)OC1C3.O=C(OCCS(=O)(=O)[O-])C1C2CCC(C2)C1C(=O)OC1C2CC3C1OS(=O)(=O)C3C2.c1ccncc1. The topological polar surface area (TPSA) is 386 Å². The van der Waals surface area contributed by atoms with Gasteiger partial charge in [0.2, 0.25) is 6.79 Å². The molecule has 4 heterocycles. The van der Waals surface area contributed by atoms with Crippen LogP contribution in [0.2, 0.25) is 0 Å². The monoisotopic (exact) mass is 1140 g/mol. The van der Waals surface area contributed by atoms with Gasteiger partial charge in [-0.2, -0.15) is 8.42 Å². The van der Waals surface area contributed by atoms with Crippen LogP contribution in [0.1, 0.15) is 98.8 Å². The fraction of sp³-hybridized carbons (Fsp3) is 0.761. The summed E-state index contributed by atoms with van der Waals surface area (Å²) in [6.45, 7) is 8.32. The van der Waals surface area contributed by atoms with Crippen LogP contribution >= 0.6 is 0 Å². The predicted octanol–water partition coefficient (Wildman–Crippen LogP) is 1.96. The van der Waals surface area contributed by atoms with Gasteiger partial charge in [0.15, 0.2) is 0 Å². The number of hydrogen-bond acceptors (Lipinski definition) is 25.